The van der Waals surface area contributed by atoms with E-state index in [9.17, 15) is 22.0 Å². The maximum absolute atomic E-state index is 13.0. The second-order valence-electron chi connectivity index (χ2n) is 3.91. The molecule has 0 radical (unpaired) electrons. The van der Waals surface area contributed by atoms with E-state index in [1.165, 1.54) is 0 Å². The lowest BCUT2D eigenvalue weighted by atomic mass is 10.2. The molecule has 0 heterocycles. The van der Waals surface area contributed by atoms with Crippen LogP contribution in [0.5, 0.6) is 0 Å². The lowest BCUT2D eigenvalue weighted by molar-refractivity contribution is -0.139. The smallest absolute Gasteiger partial charge is 0.321 e. The van der Waals surface area contributed by atoms with Crippen molar-refractivity contribution in [1.82, 2.24) is 4.72 Å². The van der Waals surface area contributed by atoms with Gasteiger partial charge in [-0.25, -0.2) is 17.2 Å². The Balaban J connectivity index is 3.06. The summed E-state index contributed by atoms with van der Waals surface area (Å²) in [6.45, 7) is 1.69. The number of benzene rings is 1. The average Bonchev–Trinajstić information content (AvgIpc) is 2.26. The van der Waals surface area contributed by atoms with Crippen LogP contribution in [0.1, 0.15) is 19.8 Å². The first-order chi connectivity index (χ1) is 8.76. The largest absolute Gasteiger partial charge is 0.480 e. The summed E-state index contributed by atoms with van der Waals surface area (Å²) in [7, 11) is -4.28. The van der Waals surface area contributed by atoms with Gasteiger partial charge in [0.1, 0.15) is 17.7 Å². The van der Waals surface area contributed by atoms with Crippen molar-refractivity contribution in [2.75, 3.05) is 0 Å². The fourth-order valence-corrected chi connectivity index (χ4v) is 2.73. The average molecular weight is 293 g/mol. The van der Waals surface area contributed by atoms with Crippen molar-refractivity contribution in [2.24, 2.45) is 0 Å². The van der Waals surface area contributed by atoms with E-state index in [0.717, 1.165) is 0 Å². The molecule has 0 bridgehead atoms. The third-order valence-corrected chi connectivity index (χ3v) is 3.77. The van der Waals surface area contributed by atoms with Gasteiger partial charge < -0.3 is 5.11 Å². The summed E-state index contributed by atoms with van der Waals surface area (Å²) in [5.41, 5.74) is 0. The van der Waals surface area contributed by atoms with Crippen LogP contribution in [0.15, 0.2) is 23.1 Å². The lowest BCUT2D eigenvalue weighted by Gasteiger charge is -2.14. The van der Waals surface area contributed by atoms with E-state index in [2.05, 4.69) is 0 Å². The third kappa shape index (κ3) is 4.25. The van der Waals surface area contributed by atoms with Crippen molar-refractivity contribution in [3.63, 3.8) is 0 Å². The second-order valence-corrected chi connectivity index (χ2v) is 5.62. The maximum Gasteiger partial charge on any atom is 0.321 e. The summed E-state index contributed by atoms with van der Waals surface area (Å²) in [6, 6.07) is 0.438. The van der Waals surface area contributed by atoms with E-state index in [4.69, 9.17) is 5.11 Å². The first kappa shape index (κ1) is 15.5. The number of carboxylic acid groups (broad SMARTS) is 1. The van der Waals surface area contributed by atoms with Crippen molar-refractivity contribution < 1.29 is 27.1 Å². The van der Waals surface area contributed by atoms with Gasteiger partial charge in [-0.3, -0.25) is 4.79 Å². The molecule has 2 N–H and O–H groups in total. The van der Waals surface area contributed by atoms with Gasteiger partial charge in [-0.1, -0.05) is 13.3 Å². The number of hydrogen-bond donors (Lipinski definition) is 2. The molecule has 0 amide bonds. The number of nitrogens with one attached hydrogen (secondary N) is 1. The van der Waals surface area contributed by atoms with E-state index in [0.29, 0.717) is 24.6 Å². The quantitative estimate of drug-likeness (QED) is 0.832. The van der Waals surface area contributed by atoms with Crippen LogP contribution in [0.2, 0.25) is 0 Å². The van der Waals surface area contributed by atoms with Crippen LogP contribution in [-0.4, -0.2) is 25.5 Å². The van der Waals surface area contributed by atoms with Crippen molar-refractivity contribution >= 4 is 16.0 Å². The summed E-state index contributed by atoms with van der Waals surface area (Å²) in [5, 5.41) is 8.85. The Morgan fingerprint density at radius 2 is 1.84 bits per heavy atom. The Hall–Kier alpha value is -1.54. The van der Waals surface area contributed by atoms with Crippen LogP contribution in [0.25, 0.3) is 0 Å². The fraction of sp³-hybridized carbons (Fsp3) is 0.364. The van der Waals surface area contributed by atoms with E-state index < -0.39 is 38.6 Å². The normalized spacial score (nSPS) is 13.2. The number of halogens is 2. The van der Waals surface area contributed by atoms with Gasteiger partial charge in [0.05, 0.1) is 4.90 Å². The number of sulfonamides is 1. The van der Waals surface area contributed by atoms with E-state index >= 15 is 0 Å². The van der Waals surface area contributed by atoms with E-state index in [1.54, 1.807) is 6.92 Å². The molecule has 1 unspecified atom stereocenters. The number of aliphatic carboxylic acids is 1. The Morgan fingerprint density at radius 3 is 2.26 bits per heavy atom. The summed E-state index contributed by atoms with van der Waals surface area (Å²) in [5.74, 6) is -3.45. The highest BCUT2D eigenvalue weighted by Gasteiger charge is 2.25. The van der Waals surface area contributed by atoms with E-state index in [-0.39, 0.29) is 6.42 Å². The topological polar surface area (TPSA) is 83.5 Å². The van der Waals surface area contributed by atoms with Gasteiger partial charge in [-0.15, -0.1) is 0 Å². The SMILES string of the molecule is CCCC(NS(=O)(=O)c1cc(F)cc(F)c1)C(=O)O. The highest BCUT2D eigenvalue weighted by molar-refractivity contribution is 7.89. The van der Waals surface area contributed by atoms with Crippen LogP contribution < -0.4 is 4.72 Å². The highest BCUT2D eigenvalue weighted by atomic mass is 32.2. The molecule has 8 heteroatoms. The van der Waals surface area contributed by atoms with Crippen molar-refractivity contribution in [1.29, 1.82) is 0 Å². The molecule has 0 aliphatic heterocycles. The molecule has 1 aromatic rings. The number of carboxylic acids is 1. The van der Waals surface area contributed by atoms with Crippen molar-refractivity contribution in [3.05, 3.63) is 29.8 Å². The van der Waals surface area contributed by atoms with Crippen LogP contribution in [0.3, 0.4) is 0 Å². The molecule has 0 spiro atoms. The molecule has 1 aromatic carbocycles. The summed E-state index contributed by atoms with van der Waals surface area (Å²) in [6.07, 6.45) is 0.517. The zero-order chi connectivity index (χ0) is 14.6. The molecule has 0 fully saturated rings. The zero-order valence-corrected chi connectivity index (χ0v) is 10.9. The molecular formula is C11H13F2NO4S. The van der Waals surface area contributed by atoms with Gasteiger partial charge in [0, 0.05) is 6.07 Å². The predicted octanol–water partition coefficient (Wildman–Crippen LogP) is 1.50. The van der Waals surface area contributed by atoms with Gasteiger partial charge in [0.15, 0.2) is 0 Å². The molecule has 1 atom stereocenters. The van der Waals surface area contributed by atoms with Gasteiger partial charge >= 0.3 is 5.97 Å². The Bertz CT molecular complexity index is 554. The van der Waals surface area contributed by atoms with Crippen molar-refractivity contribution in [3.8, 4) is 0 Å². The molecule has 5 nitrogen and oxygen atoms in total. The zero-order valence-electron chi connectivity index (χ0n) is 10.1. The monoisotopic (exact) mass is 293 g/mol. The minimum absolute atomic E-state index is 0.0758. The van der Waals surface area contributed by atoms with Crippen LogP contribution in [0, 0.1) is 11.6 Å². The lowest BCUT2D eigenvalue weighted by Crippen LogP contribution is -2.40. The van der Waals surface area contributed by atoms with Gasteiger partial charge in [-0.2, -0.15) is 4.72 Å². The maximum atomic E-state index is 13.0. The molecule has 0 saturated carbocycles. The first-order valence-electron chi connectivity index (χ1n) is 5.47. The number of hydrogen-bond acceptors (Lipinski definition) is 3. The molecule has 106 valence electrons. The molecule has 0 saturated heterocycles. The number of rotatable bonds is 6. The van der Waals surface area contributed by atoms with E-state index in [1.807, 2.05) is 4.72 Å². The van der Waals surface area contributed by atoms with Crippen molar-refractivity contribution in [2.45, 2.75) is 30.7 Å². The highest BCUT2D eigenvalue weighted by Crippen LogP contribution is 2.14. The molecule has 19 heavy (non-hydrogen) atoms. The predicted molar refractivity (Wildman–Crippen MR) is 63.0 cm³/mol. The van der Waals surface area contributed by atoms with Crippen LogP contribution >= 0.6 is 0 Å². The molecule has 0 aromatic heterocycles. The standard InChI is InChI=1S/C11H13F2NO4S/c1-2-3-10(11(15)16)14-19(17,18)9-5-7(12)4-8(13)6-9/h4-6,10,14H,2-3H2,1H3,(H,15,16). The number of carbonyl (C=O) groups is 1. The van der Waals surface area contributed by atoms with Gasteiger partial charge in [-0.05, 0) is 18.6 Å². The molecule has 0 aliphatic rings. The Labute approximate surface area is 109 Å². The second kappa shape index (κ2) is 6.07. The molecule has 0 aliphatic carbocycles. The minimum atomic E-state index is -4.28. The van der Waals surface area contributed by atoms with Gasteiger partial charge in [0.25, 0.3) is 0 Å². The fourth-order valence-electron chi connectivity index (χ4n) is 1.46. The van der Waals surface area contributed by atoms with Gasteiger partial charge in [0.2, 0.25) is 10.0 Å². The Morgan fingerprint density at radius 1 is 1.32 bits per heavy atom. The van der Waals surface area contributed by atoms with Crippen LogP contribution in [0.4, 0.5) is 8.78 Å². The summed E-state index contributed by atoms with van der Waals surface area (Å²) < 4.78 is 51.4. The summed E-state index contributed by atoms with van der Waals surface area (Å²) >= 11 is 0. The Kier molecular flexibility index (Phi) is 4.96. The molecular weight excluding hydrogens is 280 g/mol. The minimum Gasteiger partial charge on any atom is -0.480 e. The first-order valence-corrected chi connectivity index (χ1v) is 6.96. The third-order valence-electron chi connectivity index (χ3n) is 2.32. The summed E-state index contributed by atoms with van der Waals surface area (Å²) in [4.78, 5) is 10.2. The van der Waals surface area contributed by atoms with Crippen LogP contribution in [-0.2, 0) is 14.8 Å². The molecule has 1 rings (SSSR count).